The summed E-state index contributed by atoms with van der Waals surface area (Å²) in [5, 5.41) is 3.07. The van der Waals surface area contributed by atoms with E-state index in [2.05, 4.69) is 23.5 Å². The molecule has 25 heavy (non-hydrogen) atoms. The molecule has 132 valence electrons. The van der Waals surface area contributed by atoms with E-state index >= 15 is 0 Å². The summed E-state index contributed by atoms with van der Waals surface area (Å²) >= 11 is 3.94. The van der Waals surface area contributed by atoms with Crippen LogP contribution in [0.1, 0.15) is 44.6 Å². The van der Waals surface area contributed by atoms with Gasteiger partial charge in [-0.2, -0.15) is 0 Å². The molecule has 1 saturated heterocycles. The molecule has 1 amide bonds. The standard InChI is InChI=1S/C20H23NO2S2/c1-13-4-9-18(23-3)17(12-13)14(2)21-19(22)15-5-7-16(8-6-15)20-24-10-11-25-20/h4-9,12,14,20H,10-11H2,1-3H3,(H,21,22)/t14-/m0/s1. The Morgan fingerprint density at radius 3 is 2.48 bits per heavy atom. The van der Waals surface area contributed by atoms with Gasteiger partial charge in [-0.3, -0.25) is 4.79 Å². The Labute approximate surface area is 157 Å². The van der Waals surface area contributed by atoms with Crippen LogP contribution in [0.2, 0.25) is 0 Å². The summed E-state index contributed by atoms with van der Waals surface area (Å²) in [6, 6.07) is 13.9. The molecule has 0 bridgehead atoms. The van der Waals surface area contributed by atoms with Crippen LogP contribution >= 0.6 is 23.5 Å². The highest BCUT2D eigenvalue weighted by atomic mass is 32.2. The van der Waals surface area contributed by atoms with Crippen LogP contribution in [0.15, 0.2) is 42.5 Å². The molecule has 0 aliphatic carbocycles. The van der Waals surface area contributed by atoms with Gasteiger partial charge in [0.25, 0.3) is 5.91 Å². The van der Waals surface area contributed by atoms with Crippen LogP contribution in [-0.2, 0) is 0 Å². The third-order valence-electron chi connectivity index (χ3n) is 4.27. The number of thioether (sulfide) groups is 2. The van der Waals surface area contributed by atoms with E-state index < -0.39 is 0 Å². The minimum Gasteiger partial charge on any atom is -0.496 e. The van der Waals surface area contributed by atoms with Crippen molar-refractivity contribution in [1.29, 1.82) is 0 Å². The average Bonchev–Trinajstić information content (AvgIpc) is 3.16. The smallest absolute Gasteiger partial charge is 0.251 e. The van der Waals surface area contributed by atoms with Crippen molar-refractivity contribution in [2.45, 2.75) is 24.5 Å². The van der Waals surface area contributed by atoms with E-state index in [0.717, 1.165) is 16.9 Å². The quantitative estimate of drug-likeness (QED) is 0.803. The summed E-state index contributed by atoms with van der Waals surface area (Å²) in [5.74, 6) is 3.14. The molecular formula is C20H23NO2S2. The highest BCUT2D eigenvalue weighted by molar-refractivity contribution is 8.19. The van der Waals surface area contributed by atoms with Gasteiger partial charge in [-0.1, -0.05) is 29.8 Å². The Kier molecular flexibility index (Phi) is 5.97. The van der Waals surface area contributed by atoms with Crippen molar-refractivity contribution in [1.82, 2.24) is 5.32 Å². The predicted octanol–water partition coefficient (Wildman–Crippen LogP) is 4.97. The maximum absolute atomic E-state index is 12.6. The van der Waals surface area contributed by atoms with E-state index in [-0.39, 0.29) is 11.9 Å². The van der Waals surface area contributed by atoms with Crippen molar-refractivity contribution >= 4 is 29.4 Å². The minimum absolute atomic E-state index is 0.0608. The monoisotopic (exact) mass is 373 g/mol. The van der Waals surface area contributed by atoms with E-state index in [0.29, 0.717) is 10.1 Å². The molecule has 3 rings (SSSR count). The van der Waals surface area contributed by atoms with Crippen LogP contribution in [-0.4, -0.2) is 24.5 Å². The summed E-state index contributed by atoms with van der Waals surface area (Å²) in [6.07, 6.45) is 0. The molecule has 5 heteroatoms. The molecule has 0 saturated carbocycles. The van der Waals surface area contributed by atoms with Crippen molar-refractivity contribution < 1.29 is 9.53 Å². The van der Waals surface area contributed by atoms with E-state index in [1.54, 1.807) is 7.11 Å². The molecule has 1 aliphatic rings. The fourth-order valence-electron chi connectivity index (χ4n) is 2.89. The summed E-state index contributed by atoms with van der Waals surface area (Å²) in [7, 11) is 1.65. The lowest BCUT2D eigenvalue weighted by molar-refractivity contribution is 0.0939. The Morgan fingerprint density at radius 1 is 1.16 bits per heavy atom. The number of methoxy groups -OCH3 is 1. The zero-order chi connectivity index (χ0) is 17.8. The van der Waals surface area contributed by atoms with Crippen LogP contribution in [0, 0.1) is 6.92 Å². The average molecular weight is 374 g/mol. The number of hydrogen-bond donors (Lipinski definition) is 1. The lowest BCUT2D eigenvalue weighted by atomic mass is 10.0. The van der Waals surface area contributed by atoms with Crippen molar-refractivity contribution in [3.05, 3.63) is 64.7 Å². The van der Waals surface area contributed by atoms with Crippen molar-refractivity contribution in [3.63, 3.8) is 0 Å². The van der Waals surface area contributed by atoms with E-state index in [9.17, 15) is 4.79 Å². The Balaban J connectivity index is 1.70. The van der Waals surface area contributed by atoms with Crippen LogP contribution < -0.4 is 10.1 Å². The second kappa shape index (κ2) is 8.19. The normalized spacial score (nSPS) is 15.8. The Morgan fingerprint density at radius 2 is 1.84 bits per heavy atom. The van der Waals surface area contributed by atoms with Gasteiger partial charge < -0.3 is 10.1 Å². The van der Waals surface area contributed by atoms with E-state index in [1.165, 1.54) is 17.1 Å². The van der Waals surface area contributed by atoms with Crippen molar-refractivity contribution in [2.24, 2.45) is 0 Å². The largest absolute Gasteiger partial charge is 0.496 e. The molecule has 2 aromatic rings. The molecule has 0 radical (unpaired) electrons. The fourth-order valence-corrected chi connectivity index (χ4v) is 5.75. The molecule has 1 aliphatic heterocycles. The second-order valence-corrected chi connectivity index (χ2v) is 8.86. The zero-order valence-corrected chi connectivity index (χ0v) is 16.4. The maximum atomic E-state index is 12.6. The van der Waals surface area contributed by atoms with Crippen molar-refractivity contribution in [2.75, 3.05) is 18.6 Å². The number of nitrogens with one attached hydrogen (secondary N) is 1. The third-order valence-corrected chi connectivity index (χ3v) is 7.37. The van der Waals surface area contributed by atoms with Gasteiger partial charge in [0.15, 0.2) is 0 Å². The van der Waals surface area contributed by atoms with Gasteiger partial charge in [-0.15, -0.1) is 23.5 Å². The van der Waals surface area contributed by atoms with Gasteiger partial charge in [0.1, 0.15) is 5.75 Å². The van der Waals surface area contributed by atoms with Crippen molar-refractivity contribution in [3.8, 4) is 5.75 Å². The van der Waals surface area contributed by atoms with Crippen LogP contribution in [0.3, 0.4) is 0 Å². The molecule has 1 heterocycles. The SMILES string of the molecule is COc1ccc(C)cc1[C@H](C)NC(=O)c1ccc(C2SCCS2)cc1. The van der Waals surface area contributed by atoms with Gasteiger partial charge in [0.2, 0.25) is 0 Å². The van der Waals surface area contributed by atoms with Crippen LogP contribution in [0.5, 0.6) is 5.75 Å². The van der Waals surface area contributed by atoms with Gasteiger partial charge >= 0.3 is 0 Å². The van der Waals surface area contributed by atoms with E-state index in [4.69, 9.17) is 4.74 Å². The van der Waals surface area contributed by atoms with E-state index in [1.807, 2.05) is 61.6 Å². The first-order chi connectivity index (χ1) is 12.1. The molecule has 0 aromatic heterocycles. The Bertz CT molecular complexity index is 740. The van der Waals surface area contributed by atoms with Gasteiger partial charge in [0.05, 0.1) is 17.7 Å². The molecular weight excluding hydrogens is 350 g/mol. The van der Waals surface area contributed by atoms with Gasteiger partial charge in [-0.25, -0.2) is 0 Å². The zero-order valence-electron chi connectivity index (χ0n) is 14.7. The molecule has 1 atom stereocenters. The number of ether oxygens (including phenoxy) is 1. The third kappa shape index (κ3) is 4.33. The van der Waals surface area contributed by atoms with Crippen LogP contribution in [0.25, 0.3) is 0 Å². The number of benzene rings is 2. The minimum atomic E-state index is -0.122. The topological polar surface area (TPSA) is 38.3 Å². The molecule has 1 N–H and O–H groups in total. The number of aryl methyl sites for hydroxylation is 1. The predicted molar refractivity (Wildman–Crippen MR) is 108 cm³/mol. The first-order valence-corrected chi connectivity index (χ1v) is 10.5. The Hall–Kier alpha value is -1.59. The molecule has 0 unspecified atom stereocenters. The molecule has 1 fully saturated rings. The molecule has 0 spiro atoms. The lowest BCUT2D eigenvalue weighted by Gasteiger charge is -2.18. The first kappa shape index (κ1) is 18.2. The summed E-state index contributed by atoms with van der Waals surface area (Å²) in [5.41, 5.74) is 4.12. The van der Waals surface area contributed by atoms with Gasteiger partial charge in [-0.05, 0) is 37.6 Å². The van der Waals surface area contributed by atoms with Crippen LogP contribution in [0.4, 0.5) is 0 Å². The highest BCUT2D eigenvalue weighted by Gasteiger charge is 2.19. The number of carbonyl (C=O) groups is 1. The molecule has 3 nitrogen and oxygen atoms in total. The summed E-state index contributed by atoms with van der Waals surface area (Å²) in [6.45, 7) is 4.02. The van der Waals surface area contributed by atoms with Gasteiger partial charge in [0, 0.05) is 22.6 Å². The number of rotatable bonds is 5. The number of carbonyl (C=O) groups excluding carboxylic acids is 1. The second-order valence-electron chi connectivity index (χ2n) is 6.14. The maximum Gasteiger partial charge on any atom is 0.251 e. The highest BCUT2D eigenvalue weighted by Crippen LogP contribution is 2.45. The summed E-state index contributed by atoms with van der Waals surface area (Å²) in [4.78, 5) is 12.6. The number of hydrogen-bond acceptors (Lipinski definition) is 4. The first-order valence-electron chi connectivity index (χ1n) is 8.37. The number of amides is 1. The fraction of sp³-hybridized carbons (Fsp3) is 0.350. The lowest BCUT2D eigenvalue weighted by Crippen LogP contribution is -2.27. The summed E-state index contributed by atoms with van der Waals surface area (Å²) < 4.78 is 5.93. The molecule has 2 aromatic carbocycles.